The maximum Gasteiger partial charge on any atom is 0.128 e. The lowest BCUT2D eigenvalue weighted by Gasteiger charge is -2.17. The van der Waals surface area contributed by atoms with Crippen LogP contribution in [-0.2, 0) is 0 Å². The highest BCUT2D eigenvalue weighted by molar-refractivity contribution is 7.08. The van der Waals surface area contributed by atoms with Gasteiger partial charge in [0.05, 0.1) is 6.04 Å². The summed E-state index contributed by atoms with van der Waals surface area (Å²) in [6, 6.07) is 3.23. The number of hydrogen-bond acceptors (Lipinski definition) is 2. The second-order valence-electron chi connectivity index (χ2n) is 3.90. The molecule has 1 unspecified atom stereocenters. The van der Waals surface area contributed by atoms with Gasteiger partial charge in [0.2, 0.25) is 0 Å². The zero-order valence-corrected chi connectivity index (χ0v) is 10.4. The van der Waals surface area contributed by atoms with Crippen LogP contribution in [-0.4, -0.2) is 7.05 Å². The highest BCUT2D eigenvalue weighted by Crippen LogP contribution is 2.29. The third-order valence-corrected chi connectivity index (χ3v) is 3.64. The minimum Gasteiger partial charge on any atom is -0.309 e. The molecule has 0 amide bonds. The van der Waals surface area contributed by atoms with Gasteiger partial charge in [-0.2, -0.15) is 11.3 Å². The normalized spacial score (nSPS) is 12.7. The van der Waals surface area contributed by atoms with Gasteiger partial charge in [-0.1, -0.05) is 0 Å². The molecule has 17 heavy (non-hydrogen) atoms. The first-order valence-corrected chi connectivity index (χ1v) is 6.22. The number of aryl methyl sites for hydroxylation is 1. The van der Waals surface area contributed by atoms with E-state index in [9.17, 15) is 8.78 Å². The van der Waals surface area contributed by atoms with Crippen LogP contribution in [0.4, 0.5) is 8.78 Å². The van der Waals surface area contributed by atoms with E-state index < -0.39 is 11.6 Å². The van der Waals surface area contributed by atoms with Crippen LogP contribution in [0.5, 0.6) is 0 Å². The first-order chi connectivity index (χ1) is 8.13. The van der Waals surface area contributed by atoms with Crippen molar-refractivity contribution in [1.82, 2.24) is 5.32 Å². The van der Waals surface area contributed by atoms with E-state index in [0.717, 1.165) is 23.3 Å². The summed E-state index contributed by atoms with van der Waals surface area (Å²) in [5.41, 5.74) is 2.41. The fraction of sp³-hybridized carbons (Fsp3) is 0.231. The molecule has 0 saturated heterocycles. The molecule has 1 N–H and O–H groups in total. The van der Waals surface area contributed by atoms with E-state index in [1.165, 1.54) is 6.07 Å². The van der Waals surface area contributed by atoms with Gasteiger partial charge < -0.3 is 5.32 Å². The van der Waals surface area contributed by atoms with Crippen molar-refractivity contribution in [1.29, 1.82) is 0 Å². The highest BCUT2D eigenvalue weighted by atomic mass is 32.1. The second-order valence-corrected chi connectivity index (χ2v) is 4.64. The van der Waals surface area contributed by atoms with Gasteiger partial charge in [-0.25, -0.2) is 8.78 Å². The Morgan fingerprint density at radius 1 is 1.18 bits per heavy atom. The van der Waals surface area contributed by atoms with Crippen molar-refractivity contribution in [3.05, 3.63) is 57.3 Å². The first kappa shape index (κ1) is 12.2. The smallest absolute Gasteiger partial charge is 0.128 e. The molecular formula is C13H13F2NS. The molecular weight excluding hydrogens is 240 g/mol. The first-order valence-electron chi connectivity index (χ1n) is 5.28. The monoisotopic (exact) mass is 253 g/mol. The number of halogens is 2. The molecule has 0 fully saturated rings. The molecule has 0 aliphatic carbocycles. The van der Waals surface area contributed by atoms with Crippen molar-refractivity contribution in [2.75, 3.05) is 7.05 Å². The van der Waals surface area contributed by atoms with Gasteiger partial charge >= 0.3 is 0 Å². The van der Waals surface area contributed by atoms with Gasteiger partial charge in [-0.05, 0) is 54.1 Å². The van der Waals surface area contributed by atoms with Gasteiger partial charge in [0, 0.05) is 5.56 Å². The van der Waals surface area contributed by atoms with Gasteiger partial charge in [0.15, 0.2) is 0 Å². The summed E-state index contributed by atoms with van der Waals surface area (Å²) in [5.74, 6) is -0.814. The summed E-state index contributed by atoms with van der Waals surface area (Å²) in [6.07, 6.45) is 0. The Morgan fingerprint density at radius 3 is 2.53 bits per heavy atom. The van der Waals surface area contributed by atoms with Gasteiger partial charge in [-0.15, -0.1) is 0 Å². The number of hydrogen-bond donors (Lipinski definition) is 1. The predicted molar refractivity (Wildman–Crippen MR) is 66.3 cm³/mol. The molecule has 0 spiro atoms. The van der Waals surface area contributed by atoms with Gasteiger partial charge in [0.25, 0.3) is 0 Å². The lowest BCUT2D eigenvalue weighted by Crippen LogP contribution is -2.19. The fourth-order valence-electron chi connectivity index (χ4n) is 1.88. The number of nitrogens with one attached hydrogen (secondary N) is 1. The predicted octanol–water partition coefficient (Wildman–Crippen LogP) is 3.64. The van der Waals surface area contributed by atoms with Crippen molar-refractivity contribution in [3.63, 3.8) is 0 Å². The zero-order valence-electron chi connectivity index (χ0n) is 9.63. The molecule has 1 atom stereocenters. The standard InChI is InChI=1S/C13H13F2NS/c1-8-6-17-7-11(8)13(16-2)10-5-9(14)3-4-12(10)15/h3-7,13,16H,1-2H3. The van der Waals surface area contributed by atoms with E-state index >= 15 is 0 Å². The average Bonchev–Trinajstić information content (AvgIpc) is 2.71. The molecule has 1 aromatic heterocycles. The topological polar surface area (TPSA) is 12.0 Å². The van der Waals surface area contributed by atoms with E-state index in [1.54, 1.807) is 18.4 Å². The van der Waals surface area contributed by atoms with Crippen LogP contribution in [0, 0.1) is 18.6 Å². The highest BCUT2D eigenvalue weighted by Gasteiger charge is 2.19. The largest absolute Gasteiger partial charge is 0.309 e. The van der Waals surface area contributed by atoms with Crippen LogP contribution in [0.2, 0.25) is 0 Å². The SMILES string of the molecule is CNC(c1cscc1C)c1cc(F)ccc1F. The molecule has 1 heterocycles. The quantitative estimate of drug-likeness (QED) is 0.880. The number of rotatable bonds is 3. The van der Waals surface area contributed by atoms with Crippen molar-refractivity contribution in [2.24, 2.45) is 0 Å². The van der Waals surface area contributed by atoms with Crippen LogP contribution in [0.3, 0.4) is 0 Å². The Hall–Kier alpha value is -1.26. The lowest BCUT2D eigenvalue weighted by atomic mass is 9.98. The Bertz CT molecular complexity index is 522. The minimum atomic E-state index is -0.422. The summed E-state index contributed by atoms with van der Waals surface area (Å²) < 4.78 is 26.9. The average molecular weight is 253 g/mol. The maximum atomic E-state index is 13.7. The minimum absolute atomic E-state index is 0.308. The zero-order chi connectivity index (χ0) is 12.4. The molecule has 0 aliphatic heterocycles. The lowest BCUT2D eigenvalue weighted by molar-refractivity contribution is 0.558. The van der Waals surface area contributed by atoms with E-state index in [4.69, 9.17) is 0 Å². The van der Waals surface area contributed by atoms with E-state index in [-0.39, 0.29) is 6.04 Å². The molecule has 2 rings (SSSR count). The molecule has 4 heteroatoms. The van der Waals surface area contributed by atoms with E-state index in [2.05, 4.69) is 5.32 Å². The third-order valence-electron chi connectivity index (χ3n) is 2.76. The molecule has 2 aromatic rings. The Morgan fingerprint density at radius 2 is 1.94 bits per heavy atom. The van der Waals surface area contributed by atoms with Crippen molar-refractivity contribution >= 4 is 11.3 Å². The summed E-state index contributed by atoms with van der Waals surface area (Å²) in [6.45, 7) is 1.97. The Balaban J connectivity index is 2.49. The maximum absolute atomic E-state index is 13.7. The molecule has 1 nitrogen and oxygen atoms in total. The van der Waals surface area contributed by atoms with E-state index in [1.807, 2.05) is 17.7 Å². The summed E-state index contributed by atoms with van der Waals surface area (Å²) in [5, 5.41) is 6.99. The van der Waals surface area contributed by atoms with Crippen molar-refractivity contribution < 1.29 is 8.78 Å². The second kappa shape index (κ2) is 4.94. The van der Waals surface area contributed by atoms with Gasteiger partial charge in [-0.3, -0.25) is 0 Å². The number of benzene rings is 1. The molecule has 90 valence electrons. The molecule has 0 saturated carbocycles. The Kier molecular flexibility index (Phi) is 3.54. The number of thiophene rings is 1. The van der Waals surface area contributed by atoms with Crippen LogP contribution in [0.15, 0.2) is 29.0 Å². The van der Waals surface area contributed by atoms with Crippen molar-refractivity contribution in [2.45, 2.75) is 13.0 Å². The Labute approximate surface area is 103 Å². The summed E-state index contributed by atoms with van der Waals surface area (Å²) in [4.78, 5) is 0. The molecule has 0 radical (unpaired) electrons. The summed E-state index contributed by atoms with van der Waals surface area (Å²) >= 11 is 1.56. The third kappa shape index (κ3) is 2.37. The molecule has 0 aliphatic rings. The molecule has 0 bridgehead atoms. The fourth-order valence-corrected chi connectivity index (χ4v) is 2.76. The molecule has 1 aromatic carbocycles. The van der Waals surface area contributed by atoms with Crippen LogP contribution in [0.1, 0.15) is 22.7 Å². The summed E-state index contributed by atoms with van der Waals surface area (Å²) in [7, 11) is 1.74. The van der Waals surface area contributed by atoms with Gasteiger partial charge in [0.1, 0.15) is 11.6 Å². The van der Waals surface area contributed by atoms with Crippen LogP contribution < -0.4 is 5.32 Å². The van der Waals surface area contributed by atoms with E-state index in [0.29, 0.717) is 5.56 Å². The van der Waals surface area contributed by atoms with Crippen molar-refractivity contribution in [3.8, 4) is 0 Å². The van der Waals surface area contributed by atoms with Crippen LogP contribution in [0.25, 0.3) is 0 Å². The van der Waals surface area contributed by atoms with Crippen LogP contribution >= 0.6 is 11.3 Å².